The molecule has 18 heavy (non-hydrogen) atoms. The lowest BCUT2D eigenvalue weighted by molar-refractivity contribution is -0.122. The summed E-state index contributed by atoms with van der Waals surface area (Å²) in [7, 11) is 1.94. The number of hydrogen-bond acceptors (Lipinski definition) is 4. The number of nitrogens with two attached hydrogens (primary N) is 1. The maximum atomic E-state index is 11.8. The molecular weight excluding hydrogens is 314 g/mol. The van der Waals surface area contributed by atoms with E-state index in [1.807, 2.05) is 17.3 Å². The third kappa shape index (κ3) is 3.78. The molecule has 0 saturated heterocycles. The third-order valence-corrected chi connectivity index (χ3v) is 4.80. The highest BCUT2D eigenvalue weighted by molar-refractivity contribution is 9.10. The summed E-state index contributed by atoms with van der Waals surface area (Å²) in [5, 5.41) is 5.03. The van der Waals surface area contributed by atoms with Gasteiger partial charge in [-0.05, 0) is 41.9 Å². The number of likely N-dealkylation sites (N-methyl/N-ethyl adjacent to an activating group) is 1. The molecule has 6 heteroatoms. The second kappa shape index (κ2) is 6.14. The van der Waals surface area contributed by atoms with Crippen LogP contribution in [0.4, 0.5) is 0 Å². The number of rotatable bonds is 6. The van der Waals surface area contributed by atoms with E-state index in [0.717, 1.165) is 17.3 Å². The SMILES string of the molecule is CN(CC(=O)NC1CC1)C(CN)c1cc(Br)cs1. The van der Waals surface area contributed by atoms with Crippen LogP contribution in [0.1, 0.15) is 23.8 Å². The standard InChI is InChI=1S/C12H18BrN3OS/c1-16(6-12(17)15-9-2-3-9)10(5-14)11-4-8(13)7-18-11/h4,7,9-10H,2-3,5-6,14H2,1H3,(H,15,17). The minimum absolute atomic E-state index is 0.0917. The van der Waals surface area contributed by atoms with E-state index in [1.54, 1.807) is 11.3 Å². The van der Waals surface area contributed by atoms with E-state index in [9.17, 15) is 4.79 Å². The topological polar surface area (TPSA) is 58.4 Å². The molecule has 1 amide bonds. The molecule has 4 nitrogen and oxygen atoms in total. The van der Waals surface area contributed by atoms with Crippen LogP contribution in [0.25, 0.3) is 0 Å². The fourth-order valence-corrected chi connectivity index (χ4v) is 3.48. The van der Waals surface area contributed by atoms with Gasteiger partial charge in [0, 0.05) is 27.3 Å². The van der Waals surface area contributed by atoms with E-state index in [-0.39, 0.29) is 11.9 Å². The van der Waals surface area contributed by atoms with Crippen LogP contribution >= 0.6 is 27.3 Å². The second-order valence-corrected chi connectivity index (χ2v) is 6.53. The minimum Gasteiger partial charge on any atom is -0.352 e. The molecule has 1 heterocycles. The van der Waals surface area contributed by atoms with Gasteiger partial charge in [0.1, 0.15) is 0 Å². The fraction of sp³-hybridized carbons (Fsp3) is 0.583. The predicted molar refractivity (Wildman–Crippen MR) is 77.6 cm³/mol. The van der Waals surface area contributed by atoms with Crippen LogP contribution in [-0.4, -0.2) is 37.0 Å². The van der Waals surface area contributed by atoms with E-state index in [1.165, 1.54) is 4.88 Å². The molecule has 0 bridgehead atoms. The number of carbonyl (C=O) groups is 1. The maximum absolute atomic E-state index is 11.8. The molecule has 2 rings (SSSR count). The smallest absolute Gasteiger partial charge is 0.234 e. The number of halogens is 1. The van der Waals surface area contributed by atoms with Crippen molar-refractivity contribution in [3.05, 3.63) is 20.8 Å². The number of thiophene rings is 1. The van der Waals surface area contributed by atoms with Crippen molar-refractivity contribution in [3.8, 4) is 0 Å². The van der Waals surface area contributed by atoms with Gasteiger partial charge in [0.25, 0.3) is 0 Å². The first-order valence-corrected chi connectivity index (χ1v) is 7.71. The van der Waals surface area contributed by atoms with Crippen LogP contribution in [0, 0.1) is 0 Å². The molecule has 0 aliphatic heterocycles. The largest absolute Gasteiger partial charge is 0.352 e. The molecule has 1 aliphatic rings. The van der Waals surface area contributed by atoms with E-state index in [2.05, 4.69) is 27.3 Å². The van der Waals surface area contributed by atoms with Crippen LogP contribution in [-0.2, 0) is 4.79 Å². The van der Waals surface area contributed by atoms with Gasteiger partial charge in [-0.15, -0.1) is 11.3 Å². The van der Waals surface area contributed by atoms with Gasteiger partial charge in [-0.2, -0.15) is 0 Å². The van der Waals surface area contributed by atoms with Gasteiger partial charge in [0.15, 0.2) is 0 Å². The van der Waals surface area contributed by atoms with Crippen LogP contribution in [0.3, 0.4) is 0 Å². The molecule has 1 saturated carbocycles. The van der Waals surface area contributed by atoms with Crippen molar-refractivity contribution in [2.45, 2.75) is 24.9 Å². The zero-order valence-corrected chi connectivity index (χ0v) is 12.8. The summed E-state index contributed by atoms with van der Waals surface area (Å²) in [4.78, 5) is 15.0. The Hall–Kier alpha value is -0.430. The lowest BCUT2D eigenvalue weighted by atomic mass is 10.2. The van der Waals surface area contributed by atoms with Gasteiger partial charge in [-0.1, -0.05) is 0 Å². The Morgan fingerprint density at radius 3 is 2.94 bits per heavy atom. The molecule has 1 unspecified atom stereocenters. The molecule has 1 atom stereocenters. The molecule has 100 valence electrons. The highest BCUT2D eigenvalue weighted by Crippen LogP contribution is 2.28. The maximum Gasteiger partial charge on any atom is 0.234 e. The van der Waals surface area contributed by atoms with Gasteiger partial charge >= 0.3 is 0 Å². The summed E-state index contributed by atoms with van der Waals surface area (Å²) in [6.07, 6.45) is 2.24. The number of amides is 1. The van der Waals surface area contributed by atoms with Crippen molar-refractivity contribution in [1.82, 2.24) is 10.2 Å². The molecule has 1 aromatic rings. The van der Waals surface area contributed by atoms with Gasteiger partial charge in [-0.3, -0.25) is 9.69 Å². The Kier molecular flexibility index (Phi) is 4.77. The monoisotopic (exact) mass is 331 g/mol. The van der Waals surface area contributed by atoms with E-state index in [4.69, 9.17) is 5.73 Å². The van der Waals surface area contributed by atoms with E-state index < -0.39 is 0 Å². The van der Waals surface area contributed by atoms with Gasteiger partial charge in [0.2, 0.25) is 5.91 Å². The Balaban J connectivity index is 1.91. The first-order valence-electron chi connectivity index (χ1n) is 6.03. The number of nitrogens with zero attached hydrogens (tertiary/aromatic N) is 1. The fourth-order valence-electron chi connectivity index (χ4n) is 1.85. The lowest BCUT2D eigenvalue weighted by Crippen LogP contribution is -2.39. The first-order chi connectivity index (χ1) is 8.60. The second-order valence-electron chi connectivity index (χ2n) is 4.68. The van der Waals surface area contributed by atoms with E-state index in [0.29, 0.717) is 19.1 Å². The average Bonchev–Trinajstić information content (AvgIpc) is 3.01. The normalized spacial score (nSPS) is 16.9. The summed E-state index contributed by atoms with van der Waals surface area (Å²) in [6, 6.07) is 2.58. The molecular formula is C12H18BrN3OS. The molecule has 0 radical (unpaired) electrons. The van der Waals surface area contributed by atoms with Crippen LogP contribution < -0.4 is 11.1 Å². The van der Waals surface area contributed by atoms with Crippen molar-refractivity contribution in [2.24, 2.45) is 5.73 Å². The Morgan fingerprint density at radius 2 is 2.44 bits per heavy atom. The van der Waals surface area contributed by atoms with Gasteiger partial charge in [-0.25, -0.2) is 0 Å². The zero-order chi connectivity index (χ0) is 13.1. The summed E-state index contributed by atoms with van der Waals surface area (Å²) in [5.41, 5.74) is 5.82. The summed E-state index contributed by atoms with van der Waals surface area (Å²) >= 11 is 5.11. The molecule has 0 aromatic carbocycles. The quantitative estimate of drug-likeness (QED) is 0.834. The molecule has 1 fully saturated rings. The Labute approximate surface area is 120 Å². The Bertz CT molecular complexity index is 419. The predicted octanol–water partition coefficient (Wildman–Crippen LogP) is 1.72. The lowest BCUT2D eigenvalue weighted by Gasteiger charge is -2.25. The van der Waals surface area contributed by atoms with Crippen LogP contribution in [0.15, 0.2) is 15.9 Å². The summed E-state index contributed by atoms with van der Waals surface area (Å²) in [6.45, 7) is 0.911. The van der Waals surface area contributed by atoms with Crippen molar-refractivity contribution in [1.29, 1.82) is 0 Å². The molecule has 0 spiro atoms. The van der Waals surface area contributed by atoms with Crippen molar-refractivity contribution in [3.63, 3.8) is 0 Å². The number of hydrogen-bond donors (Lipinski definition) is 2. The number of nitrogens with one attached hydrogen (secondary N) is 1. The Morgan fingerprint density at radius 1 is 1.72 bits per heavy atom. The van der Waals surface area contributed by atoms with Gasteiger partial charge in [0.05, 0.1) is 12.6 Å². The van der Waals surface area contributed by atoms with Crippen molar-refractivity contribution in [2.75, 3.05) is 20.1 Å². The van der Waals surface area contributed by atoms with Crippen molar-refractivity contribution >= 4 is 33.2 Å². The van der Waals surface area contributed by atoms with Crippen LogP contribution in [0.2, 0.25) is 0 Å². The third-order valence-electron chi connectivity index (χ3n) is 3.01. The van der Waals surface area contributed by atoms with Crippen molar-refractivity contribution < 1.29 is 4.79 Å². The summed E-state index contributed by atoms with van der Waals surface area (Å²) < 4.78 is 1.07. The first kappa shape index (κ1) is 14.0. The molecule has 1 aliphatic carbocycles. The average molecular weight is 332 g/mol. The molecule has 3 N–H and O–H groups in total. The zero-order valence-electron chi connectivity index (χ0n) is 10.4. The minimum atomic E-state index is 0.0917. The van der Waals surface area contributed by atoms with Gasteiger partial charge < -0.3 is 11.1 Å². The van der Waals surface area contributed by atoms with Crippen LogP contribution in [0.5, 0.6) is 0 Å². The number of carbonyl (C=O) groups excluding carboxylic acids is 1. The molecule has 1 aromatic heterocycles. The highest BCUT2D eigenvalue weighted by atomic mass is 79.9. The van der Waals surface area contributed by atoms with E-state index >= 15 is 0 Å². The summed E-state index contributed by atoms with van der Waals surface area (Å²) in [5.74, 6) is 0.0917. The highest BCUT2D eigenvalue weighted by Gasteiger charge is 2.25.